The fraction of sp³-hybridized carbons (Fsp3) is 0.650. The van der Waals surface area contributed by atoms with Gasteiger partial charge in [0.25, 0.3) is 0 Å². The molecule has 0 radical (unpaired) electrons. The van der Waals surface area contributed by atoms with Crippen molar-refractivity contribution in [3.63, 3.8) is 0 Å². The molecule has 2 aliphatic rings. The summed E-state index contributed by atoms with van der Waals surface area (Å²) in [6.07, 6.45) is -1.47. The highest BCUT2D eigenvalue weighted by Gasteiger charge is 2.45. The Morgan fingerprint density at radius 1 is 1.11 bits per heavy atom. The summed E-state index contributed by atoms with van der Waals surface area (Å²) in [7, 11) is 1.47. The summed E-state index contributed by atoms with van der Waals surface area (Å²) in [6.45, 7) is 1.62. The van der Waals surface area contributed by atoms with Gasteiger partial charge in [0.1, 0.15) is 30.2 Å². The van der Waals surface area contributed by atoms with Crippen LogP contribution in [0.2, 0.25) is 0 Å². The van der Waals surface area contributed by atoms with E-state index in [4.69, 9.17) is 9.47 Å². The van der Waals surface area contributed by atoms with Gasteiger partial charge in [-0.1, -0.05) is 31.4 Å². The van der Waals surface area contributed by atoms with E-state index in [9.17, 15) is 25.2 Å². The Bertz CT molecular complexity index is 683. The third-order valence-corrected chi connectivity index (χ3v) is 6.06. The lowest BCUT2D eigenvalue weighted by atomic mass is 9.69. The minimum Gasteiger partial charge on any atom is -0.496 e. The number of benzene rings is 1. The number of carbonyl (C=O) groups is 1. The van der Waals surface area contributed by atoms with Crippen molar-refractivity contribution in [1.82, 2.24) is 0 Å². The van der Waals surface area contributed by atoms with Crippen LogP contribution in [0.25, 0.3) is 0 Å². The molecule has 0 aromatic heterocycles. The van der Waals surface area contributed by atoms with Gasteiger partial charge >= 0.3 is 5.97 Å². The number of carboxylic acids is 1. The van der Waals surface area contributed by atoms with Crippen LogP contribution in [-0.2, 0) is 14.9 Å². The monoisotopic (exact) mass is 380 g/mol. The fourth-order valence-corrected chi connectivity index (χ4v) is 4.33. The number of hydrogen-bond acceptors (Lipinski definition) is 6. The van der Waals surface area contributed by atoms with Crippen LogP contribution < -0.4 is 4.74 Å². The SMILES string of the molecule is COc1cc(C2(C(=O)O)CCCCC2)ccc1[C@H]1O[C@@H](C)[C@@H](O)[C@@H](O)[C@@H]1O. The van der Waals surface area contributed by atoms with Gasteiger partial charge in [0.15, 0.2) is 0 Å². The summed E-state index contributed by atoms with van der Waals surface area (Å²) in [4.78, 5) is 12.1. The molecule has 1 saturated carbocycles. The minimum absolute atomic E-state index is 0.401. The molecule has 7 heteroatoms. The molecule has 5 atom stereocenters. The van der Waals surface area contributed by atoms with Crippen LogP contribution in [0.1, 0.15) is 56.3 Å². The summed E-state index contributed by atoms with van der Waals surface area (Å²) < 4.78 is 11.2. The van der Waals surface area contributed by atoms with Gasteiger partial charge in [0, 0.05) is 5.56 Å². The first kappa shape index (κ1) is 20.1. The van der Waals surface area contributed by atoms with Crippen molar-refractivity contribution in [2.45, 2.75) is 75.0 Å². The first-order valence-corrected chi connectivity index (χ1v) is 9.43. The molecule has 1 aromatic carbocycles. The number of carboxylic acid groups (broad SMARTS) is 1. The zero-order valence-corrected chi connectivity index (χ0v) is 15.7. The van der Waals surface area contributed by atoms with E-state index in [1.807, 2.05) is 0 Å². The molecule has 0 spiro atoms. The summed E-state index contributed by atoms with van der Waals surface area (Å²) in [5.41, 5.74) is 0.260. The van der Waals surface area contributed by atoms with E-state index in [0.717, 1.165) is 19.3 Å². The first-order valence-electron chi connectivity index (χ1n) is 9.43. The molecule has 7 nitrogen and oxygen atoms in total. The van der Waals surface area contributed by atoms with Crippen molar-refractivity contribution in [2.75, 3.05) is 7.11 Å². The van der Waals surface area contributed by atoms with E-state index < -0.39 is 41.9 Å². The Hall–Kier alpha value is -1.67. The Morgan fingerprint density at radius 2 is 1.78 bits per heavy atom. The van der Waals surface area contributed by atoms with Crippen molar-refractivity contribution >= 4 is 5.97 Å². The molecule has 1 aliphatic carbocycles. The van der Waals surface area contributed by atoms with Gasteiger partial charge in [-0.2, -0.15) is 0 Å². The number of methoxy groups -OCH3 is 1. The van der Waals surface area contributed by atoms with Crippen LogP contribution in [0, 0.1) is 0 Å². The highest BCUT2D eigenvalue weighted by molar-refractivity contribution is 5.81. The maximum Gasteiger partial charge on any atom is 0.314 e. The summed E-state index contributed by atoms with van der Waals surface area (Å²) in [5.74, 6) is -0.434. The average molecular weight is 380 g/mol. The number of ether oxygens (including phenoxy) is 2. The zero-order chi connectivity index (χ0) is 19.8. The highest BCUT2D eigenvalue weighted by atomic mass is 16.5. The second kappa shape index (κ2) is 7.75. The van der Waals surface area contributed by atoms with Crippen LogP contribution in [0.3, 0.4) is 0 Å². The third kappa shape index (κ3) is 3.45. The molecule has 2 fully saturated rings. The zero-order valence-electron chi connectivity index (χ0n) is 15.7. The Labute approximate surface area is 158 Å². The van der Waals surface area contributed by atoms with Crippen molar-refractivity contribution in [3.8, 4) is 5.75 Å². The predicted octanol–water partition coefficient (Wildman–Crippen LogP) is 1.52. The molecule has 1 saturated heterocycles. The van der Waals surface area contributed by atoms with Crippen LogP contribution in [0.4, 0.5) is 0 Å². The highest BCUT2D eigenvalue weighted by Crippen LogP contribution is 2.43. The molecular weight excluding hydrogens is 352 g/mol. The first-order chi connectivity index (χ1) is 12.8. The Morgan fingerprint density at radius 3 is 2.37 bits per heavy atom. The largest absolute Gasteiger partial charge is 0.496 e. The number of hydrogen-bond donors (Lipinski definition) is 4. The number of aliphatic hydroxyl groups is 3. The van der Waals surface area contributed by atoms with Crippen molar-refractivity contribution in [2.24, 2.45) is 0 Å². The third-order valence-electron chi connectivity index (χ3n) is 6.06. The lowest BCUT2D eigenvalue weighted by Gasteiger charge is -2.40. The molecule has 150 valence electrons. The molecule has 0 bridgehead atoms. The molecule has 1 heterocycles. The minimum atomic E-state index is -1.34. The Balaban J connectivity index is 1.98. The normalized spacial score (nSPS) is 33.4. The second-order valence-electron chi connectivity index (χ2n) is 7.64. The molecule has 27 heavy (non-hydrogen) atoms. The van der Waals surface area contributed by atoms with Crippen LogP contribution in [0.5, 0.6) is 5.75 Å². The quantitative estimate of drug-likeness (QED) is 0.626. The second-order valence-corrected chi connectivity index (χ2v) is 7.64. The maximum atomic E-state index is 12.1. The maximum absolute atomic E-state index is 12.1. The average Bonchev–Trinajstić information content (AvgIpc) is 2.69. The molecule has 0 unspecified atom stereocenters. The number of aliphatic carboxylic acids is 1. The van der Waals surface area contributed by atoms with Crippen molar-refractivity contribution < 1.29 is 34.7 Å². The summed E-state index contributed by atoms with van der Waals surface area (Å²) in [6, 6.07) is 5.14. The summed E-state index contributed by atoms with van der Waals surface area (Å²) in [5, 5.41) is 40.2. The lowest BCUT2D eigenvalue weighted by molar-refractivity contribution is -0.219. The lowest BCUT2D eigenvalue weighted by Crippen LogP contribution is -2.53. The smallest absolute Gasteiger partial charge is 0.314 e. The van der Waals surface area contributed by atoms with Crippen LogP contribution >= 0.6 is 0 Å². The fourth-order valence-electron chi connectivity index (χ4n) is 4.33. The number of aliphatic hydroxyl groups excluding tert-OH is 3. The van der Waals surface area contributed by atoms with Gasteiger partial charge in [0.2, 0.25) is 0 Å². The van der Waals surface area contributed by atoms with Gasteiger partial charge in [-0.05, 0) is 31.4 Å². The molecule has 0 amide bonds. The van der Waals surface area contributed by atoms with Crippen LogP contribution in [0.15, 0.2) is 18.2 Å². The molecule has 3 rings (SSSR count). The topological polar surface area (TPSA) is 116 Å². The van der Waals surface area contributed by atoms with Crippen molar-refractivity contribution in [3.05, 3.63) is 29.3 Å². The Kier molecular flexibility index (Phi) is 5.76. The molecule has 4 N–H and O–H groups in total. The molecule has 1 aliphatic heterocycles. The van der Waals surface area contributed by atoms with Gasteiger partial charge in [-0.25, -0.2) is 0 Å². The van der Waals surface area contributed by atoms with Gasteiger partial charge < -0.3 is 29.9 Å². The summed E-state index contributed by atoms with van der Waals surface area (Å²) >= 11 is 0. The van der Waals surface area contributed by atoms with E-state index >= 15 is 0 Å². The standard InChI is InChI=1S/C20H28O7/c1-11-15(21)16(22)17(23)18(27-11)13-7-6-12(10-14(13)26-2)20(19(24)25)8-4-3-5-9-20/h6-7,10-11,15-18,21-23H,3-5,8-9H2,1-2H3,(H,24,25)/t11-,15+,16+,17-,18+/m0/s1. The predicted molar refractivity (Wildman–Crippen MR) is 96.7 cm³/mol. The van der Waals surface area contributed by atoms with Gasteiger partial charge in [-0.15, -0.1) is 0 Å². The molecular formula is C20H28O7. The van der Waals surface area contributed by atoms with E-state index in [1.54, 1.807) is 25.1 Å². The van der Waals surface area contributed by atoms with Crippen LogP contribution in [-0.4, -0.2) is 57.9 Å². The molecule has 1 aromatic rings. The number of rotatable bonds is 4. The van der Waals surface area contributed by atoms with E-state index in [-0.39, 0.29) is 0 Å². The van der Waals surface area contributed by atoms with E-state index in [0.29, 0.717) is 29.7 Å². The van der Waals surface area contributed by atoms with Crippen molar-refractivity contribution in [1.29, 1.82) is 0 Å². The van der Waals surface area contributed by atoms with E-state index in [2.05, 4.69) is 0 Å². The van der Waals surface area contributed by atoms with Gasteiger partial charge in [0.05, 0.1) is 18.6 Å². The van der Waals surface area contributed by atoms with E-state index in [1.165, 1.54) is 7.11 Å². The van der Waals surface area contributed by atoms with Gasteiger partial charge in [-0.3, -0.25) is 4.79 Å².